The zero-order valence-electron chi connectivity index (χ0n) is 10.5. The molecule has 0 aromatic heterocycles. The Kier molecular flexibility index (Phi) is 4.35. The van der Waals surface area contributed by atoms with Gasteiger partial charge in [0.25, 0.3) is 5.91 Å². The lowest BCUT2D eigenvalue weighted by Crippen LogP contribution is -2.51. The van der Waals surface area contributed by atoms with Crippen molar-refractivity contribution in [2.75, 3.05) is 11.5 Å². The number of hydrogen-bond donors (Lipinski definition) is 2. The fraction of sp³-hybridized carbons (Fsp3) is 0.917. The van der Waals surface area contributed by atoms with Crippen molar-refractivity contribution in [3.8, 4) is 0 Å². The normalized spacial score (nSPS) is 36.2. The van der Waals surface area contributed by atoms with Gasteiger partial charge in [-0.15, -0.1) is 0 Å². The van der Waals surface area contributed by atoms with Crippen molar-refractivity contribution >= 4 is 17.7 Å². The molecule has 0 bridgehead atoms. The zero-order valence-corrected chi connectivity index (χ0v) is 11.3. The summed E-state index contributed by atoms with van der Waals surface area (Å²) < 4.78 is 37.5. The van der Waals surface area contributed by atoms with Crippen molar-refractivity contribution in [1.82, 2.24) is 5.32 Å². The predicted molar refractivity (Wildman–Crippen MR) is 66.8 cm³/mol. The molecule has 1 aliphatic carbocycles. The second-order valence-electron chi connectivity index (χ2n) is 5.40. The molecule has 1 aliphatic heterocycles. The summed E-state index contributed by atoms with van der Waals surface area (Å²) in [4.78, 5) is 11.9. The van der Waals surface area contributed by atoms with Crippen molar-refractivity contribution in [2.24, 2.45) is 5.92 Å². The summed E-state index contributed by atoms with van der Waals surface area (Å²) in [6, 6.07) is -0.235. The van der Waals surface area contributed by atoms with E-state index in [1.54, 1.807) is 0 Å². The number of hydrogen-bond acceptors (Lipinski definition) is 3. The molecule has 3 nitrogen and oxygen atoms in total. The van der Waals surface area contributed by atoms with Gasteiger partial charge in [-0.1, -0.05) is 0 Å². The molecule has 7 heteroatoms. The SMILES string of the molecule is O=C(NC1CCC(C(F)(F)F)CC1)C1(O)CCSC1. The first-order valence-electron chi connectivity index (χ1n) is 6.49. The number of rotatable bonds is 2. The molecule has 1 saturated carbocycles. The van der Waals surface area contributed by atoms with Crippen LogP contribution in [0.15, 0.2) is 0 Å². The Morgan fingerprint density at radius 1 is 1.26 bits per heavy atom. The summed E-state index contributed by atoms with van der Waals surface area (Å²) >= 11 is 1.52. The lowest BCUT2D eigenvalue weighted by Gasteiger charge is -2.32. The van der Waals surface area contributed by atoms with Gasteiger partial charge in [0.05, 0.1) is 5.92 Å². The molecule has 19 heavy (non-hydrogen) atoms. The van der Waals surface area contributed by atoms with E-state index in [2.05, 4.69) is 5.32 Å². The van der Waals surface area contributed by atoms with Gasteiger partial charge in [0.1, 0.15) is 0 Å². The van der Waals surface area contributed by atoms with Crippen molar-refractivity contribution < 1.29 is 23.1 Å². The highest BCUT2D eigenvalue weighted by molar-refractivity contribution is 7.99. The largest absolute Gasteiger partial charge is 0.391 e. The number of amides is 1. The van der Waals surface area contributed by atoms with Gasteiger partial charge in [0, 0.05) is 11.8 Å². The van der Waals surface area contributed by atoms with Crippen LogP contribution in [-0.4, -0.2) is 40.3 Å². The molecule has 2 aliphatic rings. The molecule has 0 spiro atoms. The molecule has 2 rings (SSSR count). The Morgan fingerprint density at radius 3 is 2.37 bits per heavy atom. The number of carbonyl (C=O) groups is 1. The minimum atomic E-state index is -4.13. The van der Waals surface area contributed by atoms with Gasteiger partial charge in [-0.3, -0.25) is 4.79 Å². The quantitative estimate of drug-likeness (QED) is 0.820. The Bertz CT molecular complexity index is 334. The van der Waals surface area contributed by atoms with Crippen LogP contribution in [0.5, 0.6) is 0 Å². The molecule has 2 N–H and O–H groups in total. The van der Waals surface area contributed by atoms with Gasteiger partial charge in [-0.2, -0.15) is 24.9 Å². The molecule has 1 saturated heterocycles. The number of carbonyl (C=O) groups excluding carboxylic acids is 1. The van der Waals surface area contributed by atoms with Crippen LogP contribution in [0.4, 0.5) is 13.2 Å². The second kappa shape index (κ2) is 5.52. The zero-order chi connectivity index (χ0) is 14.1. The molecule has 1 amide bonds. The number of thioether (sulfide) groups is 1. The Labute approximate surface area is 114 Å². The lowest BCUT2D eigenvalue weighted by molar-refractivity contribution is -0.183. The first-order chi connectivity index (χ1) is 8.81. The van der Waals surface area contributed by atoms with Crippen LogP contribution in [0.1, 0.15) is 32.1 Å². The first kappa shape index (κ1) is 15.0. The molecule has 0 radical (unpaired) electrons. The molecular weight excluding hydrogens is 279 g/mol. The number of aliphatic hydroxyl groups is 1. The molecule has 1 heterocycles. The van der Waals surface area contributed by atoms with Gasteiger partial charge < -0.3 is 10.4 Å². The maximum Gasteiger partial charge on any atom is 0.391 e. The predicted octanol–water partition coefficient (Wildman–Crippen LogP) is 2.09. The van der Waals surface area contributed by atoms with Gasteiger partial charge in [-0.05, 0) is 37.9 Å². The van der Waals surface area contributed by atoms with E-state index in [9.17, 15) is 23.1 Å². The third kappa shape index (κ3) is 3.56. The molecule has 110 valence electrons. The van der Waals surface area contributed by atoms with Gasteiger partial charge in [-0.25, -0.2) is 0 Å². The van der Waals surface area contributed by atoms with Crippen LogP contribution < -0.4 is 5.32 Å². The van der Waals surface area contributed by atoms with Crippen molar-refractivity contribution in [3.05, 3.63) is 0 Å². The maximum atomic E-state index is 12.5. The van der Waals surface area contributed by atoms with Crippen LogP contribution in [0.2, 0.25) is 0 Å². The smallest absolute Gasteiger partial charge is 0.379 e. The van der Waals surface area contributed by atoms with E-state index in [0.29, 0.717) is 25.0 Å². The highest BCUT2D eigenvalue weighted by atomic mass is 32.2. The van der Waals surface area contributed by atoms with Crippen LogP contribution in [0, 0.1) is 5.92 Å². The van der Waals surface area contributed by atoms with E-state index in [-0.39, 0.29) is 18.9 Å². The van der Waals surface area contributed by atoms with Gasteiger partial charge >= 0.3 is 6.18 Å². The van der Waals surface area contributed by atoms with E-state index >= 15 is 0 Å². The van der Waals surface area contributed by atoms with Gasteiger partial charge in [0.15, 0.2) is 5.60 Å². The van der Waals surface area contributed by atoms with E-state index in [4.69, 9.17) is 0 Å². The molecule has 1 unspecified atom stereocenters. The van der Waals surface area contributed by atoms with Crippen LogP contribution in [-0.2, 0) is 4.79 Å². The third-order valence-electron chi connectivity index (χ3n) is 3.95. The summed E-state index contributed by atoms with van der Waals surface area (Å²) in [5, 5.41) is 12.8. The van der Waals surface area contributed by atoms with Crippen molar-refractivity contribution in [1.29, 1.82) is 0 Å². The fourth-order valence-electron chi connectivity index (χ4n) is 2.62. The van der Waals surface area contributed by atoms with E-state index in [1.165, 1.54) is 11.8 Å². The van der Waals surface area contributed by atoms with E-state index in [0.717, 1.165) is 5.75 Å². The van der Waals surface area contributed by atoms with Crippen LogP contribution in [0.25, 0.3) is 0 Å². The molecule has 0 aromatic rings. The second-order valence-corrected chi connectivity index (χ2v) is 6.50. The third-order valence-corrected chi connectivity index (χ3v) is 5.12. The average Bonchev–Trinajstić information content (AvgIpc) is 2.77. The monoisotopic (exact) mass is 297 g/mol. The van der Waals surface area contributed by atoms with Crippen molar-refractivity contribution in [2.45, 2.75) is 49.9 Å². The van der Waals surface area contributed by atoms with Crippen LogP contribution in [0.3, 0.4) is 0 Å². The highest BCUT2D eigenvalue weighted by Crippen LogP contribution is 2.37. The summed E-state index contributed by atoms with van der Waals surface area (Å²) in [6.45, 7) is 0. The van der Waals surface area contributed by atoms with E-state index in [1.807, 2.05) is 0 Å². The Hall–Kier alpha value is -0.430. The number of nitrogens with one attached hydrogen (secondary N) is 1. The van der Waals surface area contributed by atoms with E-state index < -0.39 is 23.6 Å². The number of halogens is 3. The van der Waals surface area contributed by atoms with Crippen molar-refractivity contribution in [3.63, 3.8) is 0 Å². The van der Waals surface area contributed by atoms with Gasteiger partial charge in [0.2, 0.25) is 0 Å². The molecule has 2 fully saturated rings. The van der Waals surface area contributed by atoms with Crippen LogP contribution >= 0.6 is 11.8 Å². The average molecular weight is 297 g/mol. The topological polar surface area (TPSA) is 49.3 Å². The Balaban J connectivity index is 1.81. The summed E-state index contributed by atoms with van der Waals surface area (Å²) in [5.74, 6) is -0.555. The molecule has 0 aromatic carbocycles. The summed E-state index contributed by atoms with van der Waals surface area (Å²) in [5.41, 5.74) is -1.33. The molecular formula is C12H18F3NO2S. The maximum absolute atomic E-state index is 12.5. The lowest BCUT2D eigenvalue weighted by atomic mass is 9.85. The molecule has 1 atom stereocenters. The summed E-state index contributed by atoms with van der Waals surface area (Å²) in [6.07, 6.45) is -2.93. The minimum Gasteiger partial charge on any atom is -0.379 e. The fourth-order valence-corrected chi connectivity index (χ4v) is 3.86. The first-order valence-corrected chi connectivity index (χ1v) is 7.64. The summed E-state index contributed by atoms with van der Waals surface area (Å²) in [7, 11) is 0. The highest BCUT2D eigenvalue weighted by Gasteiger charge is 2.43. The minimum absolute atomic E-state index is 0.0572. The number of alkyl halides is 3. The Morgan fingerprint density at radius 2 is 1.89 bits per heavy atom. The standard InChI is InChI=1S/C12H18F3NO2S/c13-12(14,15)8-1-3-9(4-2-8)16-10(17)11(18)5-6-19-7-11/h8-9,18H,1-7H2,(H,16,17).